The van der Waals surface area contributed by atoms with Crippen LogP contribution in [0.1, 0.15) is 44.4 Å². The standard InChI is InChI=1S/C33H32N2O2/c1-32(2,3)24-11-13-25(14-12-24)33(4,26-15-17-27(34)18-16-26)31(36)35-28-19-9-22(10-20-28)30-21-23-7-5-6-8-29(23)37-30/h5-21H,34H2,1-4H3,(H,35,36). The lowest BCUT2D eigenvalue weighted by atomic mass is 9.74. The van der Waals surface area contributed by atoms with E-state index in [-0.39, 0.29) is 11.3 Å². The number of furan rings is 1. The third-order valence-corrected chi connectivity index (χ3v) is 7.12. The van der Waals surface area contributed by atoms with Crippen molar-refractivity contribution in [1.29, 1.82) is 0 Å². The van der Waals surface area contributed by atoms with E-state index in [9.17, 15) is 4.79 Å². The smallest absolute Gasteiger partial charge is 0.239 e. The average molecular weight is 489 g/mol. The molecule has 0 fully saturated rings. The number of nitrogens with two attached hydrogens (primary N) is 1. The molecule has 1 unspecified atom stereocenters. The number of nitrogen functional groups attached to an aromatic ring is 1. The number of hydrogen-bond acceptors (Lipinski definition) is 3. The van der Waals surface area contributed by atoms with Crippen molar-refractivity contribution in [2.45, 2.75) is 38.5 Å². The molecule has 1 amide bonds. The maximum absolute atomic E-state index is 13.9. The van der Waals surface area contributed by atoms with Crippen molar-refractivity contribution >= 4 is 28.3 Å². The molecule has 1 atom stereocenters. The van der Waals surface area contributed by atoms with Gasteiger partial charge in [0, 0.05) is 22.3 Å². The predicted molar refractivity (Wildman–Crippen MR) is 153 cm³/mol. The summed E-state index contributed by atoms with van der Waals surface area (Å²) >= 11 is 0. The first-order valence-corrected chi connectivity index (χ1v) is 12.5. The molecule has 1 heterocycles. The molecular formula is C33H32N2O2. The SMILES string of the molecule is CC(C)(C)c1ccc(C(C)(C(=O)Nc2ccc(-c3cc4ccccc4o3)cc2)c2ccc(N)cc2)cc1. The maximum Gasteiger partial charge on any atom is 0.239 e. The number of carbonyl (C=O) groups excluding carboxylic acids is 1. The van der Waals surface area contributed by atoms with Gasteiger partial charge in [0.05, 0.1) is 5.41 Å². The fourth-order valence-electron chi connectivity index (χ4n) is 4.65. The summed E-state index contributed by atoms with van der Waals surface area (Å²) in [5, 5.41) is 4.21. The van der Waals surface area contributed by atoms with E-state index in [0.717, 1.165) is 39.1 Å². The molecule has 37 heavy (non-hydrogen) atoms. The van der Waals surface area contributed by atoms with Crippen molar-refractivity contribution < 1.29 is 9.21 Å². The molecule has 5 rings (SSSR count). The molecule has 0 saturated heterocycles. The molecule has 1 aromatic heterocycles. The van der Waals surface area contributed by atoms with Gasteiger partial charge in [-0.15, -0.1) is 0 Å². The zero-order chi connectivity index (χ0) is 26.2. The molecule has 0 aliphatic rings. The molecule has 0 aliphatic heterocycles. The number of carbonyl (C=O) groups is 1. The minimum absolute atomic E-state index is 0.0278. The Morgan fingerprint density at radius 2 is 1.30 bits per heavy atom. The highest BCUT2D eigenvalue weighted by molar-refractivity contribution is 6.01. The molecule has 4 nitrogen and oxygen atoms in total. The Morgan fingerprint density at radius 3 is 1.89 bits per heavy atom. The van der Waals surface area contributed by atoms with Crippen LogP contribution in [0.2, 0.25) is 0 Å². The van der Waals surface area contributed by atoms with Gasteiger partial charge in [0.15, 0.2) is 0 Å². The fraction of sp³-hybridized carbons (Fsp3) is 0.182. The first kappa shape index (κ1) is 24.4. The van der Waals surface area contributed by atoms with E-state index in [1.54, 1.807) is 0 Å². The number of rotatable bonds is 5. The van der Waals surface area contributed by atoms with E-state index in [1.807, 2.05) is 85.8 Å². The zero-order valence-electron chi connectivity index (χ0n) is 21.7. The van der Waals surface area contributed by atoms with Gasteiger partial charge in [-0.1, -0.05) is 75.4 Å². The van der Waals surface area contributed by atoms with E-state index in [4.69, 9.17) is 10.2 Å². The number of nitrogens with one attached hydrogen (secondary N) is 1. The largest absolute Gasteiger partial charge is 0.456 e. The molecule has 0 bridgehead atoms. The zero-order valence-corrected chi connectivity index (χ0v) is 21.7. The summed E-state index contributed by atoms with van der Waals surface area (Å²) in [4.78, 5) is 13.9. The van der Waals surface area contributed by atoms with Gasteiger partial charge < -0.3 is 15.5 Å². The van der Waals surface area contributed by atoms with Gasteiger partial charge in [-0.05, 0) is 77.6 Å². The van der Waals surface area contributed by atoms with E-state index in [0.29, 0.717) is 5.69 Å². The topological polar surface area (TPSA) is 68.3 Å². The van der Waals surface area contributed by atoms with E-state index in [2.05, 4.69) is 50.4 Å². The van der Waals surface area contributed by atoms with Crippen molar-refractivity contribution in [3.63, 3.8) is 0 Å². The van der Waals surface area contributed by atoms with Crippen LogP contribution in [0.4, 0.5) is 11.4 Å². The molecule has 0 aliphatic carbocycles. The van der Waals surface area contributed by atoms with Crippen LogP contribution < -0.4 is 11.1 Å². The van der Waals surface area contributed by atoms with Crippen molar-refractivity contribution in [2.75, 3.05) is 11.1 Å². The summed E-state index contributed by atoms with van der Waals surface area (Å²) in [5.74, 6) is 0.682. The van der Waals surface area contributed by atoms with Crippen LogP contribution in [0, 0.1) is 0 Å². The predicted octanol–water partition coefficient (Wildman–Crippen LogP) is 7.92. The van der Waals surface area contributed by atoms with Crippen LogP contribution in [0.25, 0.3) is 22.3 Å². The Morgan fingerprint density at radius 1 is 0.730 bits per heavy atom. The summed E-state index contributed by atoms with van der Waals surface area (Å²) in [6, 6.07) is 33.6. The Balaban J connectivity index is 1.45. The van der Waals surface area contributed by atoms with Gasteiger partial charge in [0.25, 0.3) is 0 Å². The molecule has 0 saturated carbocycles. The summed E-state index contributed by atoms with van der Waals surface area (Å²) in [7, 11) is 0. The molecule has 186 valence electrons. The quantitative estimate of drug-likeness (QED) is 0.247. The number of hydrogen-bond donors (Lipinski definition) is 2. The van der Waals surface area contributed by atoms with Crippen LogP contribution in [0.3, 0.4) is 0 Å². The minimum atomic E-state index is -0.915. The van der Waals surface area contributed by atoms with Crippen LogP contribution in [-0.4, -0.2) is 5.91 Å². The van der Waals surface area contributed by atoms with Gasteiger partial charge in [0.1, 0.15) is 11.3 Å². The van der Waals surface area contributed by atoms with E-state index in [1.165, 1.54) is 5.56 Å². The Labute approximate surface area is 218 Å². The number of benzene rings is 4. The molecule has 0 radical (unpaired) electrons. The lowest BCUT2D eigenvalue weighted by Crippen LogP contribution is -2.38. The Kier molecular flexibility index (Phi) is 6.12. The van der Waals surface area contributed by atoms with Crippen LogP contribution in [0.5, 0.6) is 0 Å². The minimum Gasteiger partial charge on any atom is -0.456 e. The van der Waals surface area contributed by atoms with E-state index < -0.39 is 5.41 Å². The monoisotopic (exact) mass is 488 g/mol. The lowest BCUT2D eigenvalue weighted by Gasteiger charge is -2.31. The number of anilines is 2. The van der Waals surface area contributed by atoms with Crippen molar-refractivity contribution in [3.8, 4) is 11.3 Å². The molecule has 5 aromatic rings. The van der Waals surface area contributed by atoms with Crippen LogP contribution in [-0.2, 0) is 15.6 Å². The first-order valence-electron chi connectivity index (χ1n) is 12.5. The molecule has 4 aromatic carbocycles. The molecular weight excluding hydrogens is 456 g/mol. The Bertz CT molecular complexity index is 1510. The fourth-order valence-corrected chi connectivity index (χ4v) is 4.65. The van der Waals surface area contributed by atoms with Gasteiger partial charge in [-0.3, -0.25) is 4.79 Å². The summed E-state index contributed by atoms with van der Waals surface area (Å²) in [5.41, 5.74) is 11.3. The second-order valence-corrected chi connectivity index (χ2v) is 10.8. The normalized spacial score (nSPS) is 13.3. The van der Waals surface area contributed by atoms with Crippen LogP contribution >= 0.6 is 0 Å². The van der Waals surface area contributed by atoms with Gasteiger partial charge in [-0.25, -0.2) is 0 Å². The van der Waals surface area contributed by atoms with Crippen molar-refractivity contribution in [3.05, 3.63) is 120 Å². The summed E-state index contributed by atoms with van der Waals surface area (Å²) in [6.07, 6.45) is 0. The number of para-hydroxylation sites is 1. The van der Waals surface area contributed by atoms with Gasteiger partial charge in [-0.2, -0.15) is 0 Å². The lowest BCUT2D eigenvalue weighted by molar-refractivity contribution is -0.119. The van der Waals surface area contributed by atoms with Gasteiger partial charge >= 0.3 is 0 Å². The molecule has 4 heteroatoms. The summed E-state index contributed by atoms with van der Waals surface area (Å²) < 4.78 is 5.99. The number of amides is 1. The van der Waals surface area contributed by atoms with E-state index >= 15 is 0 Å². The third kappa shape index (κ3) is 4.75. The average Bonchev–Trinajstić information content (AvgIpc) is 3.33. The Hall–Kier alpha value is -4.31. The van der Waals surface area contributed by atoms with Crippen molar-refractivity contribution in [1.82, 2.24) is 0 Å². The third-order valence-electron chi connectivity index (χ3n) is 7.12. The van der Waals surface area contributed by atoms with Crippen LogP contribution in [0.15, 0.2) is 108 Å². The first-order chi connectivity index (χ1) is 17.6. The second-order valence-electron chi connectivity index (χ2n) is 10.8. The summed E-state index contributed by atoms with van der Waals surface area (Å²) in [6.45, 7) is 8.51. The highest BCUT2D eigenvalue weighted by Gasteiger charge is 2.37. The number of fused-ring (bicyclic) bond motifs is 1. The second kappa shape index (κ2) is 9.29. The molecule has 0 spiro atoms. The highest BCUT2D eigenvalue weighted by Crippen LogP contribution is 2.36. The highest BCUT2D eigenvalue weighted by atomic mass is 16.3. The van der Waals surface area contributed by atoms with Crippen molar-refractivity contribution in [2.24, 2.45) is 0 Å². The van der Waals surface area contributed by atoms with Gasteiger partial charge in [0.2, 0.25) is 5.91 Å². The maximum atomic E-state index is 13.9. The molecule has 3 N–H and O–H groups in total.